The molecule has 1 aliphatic carbocycles. The molecule has 4 heterocycles. The van der Waals surface area contributed by atoms with E-state index < -0.39 is 30.1 Å². The van der Waals surface area contributed by atoms with Crippen molar-refractivity contribution in [2.24, 2.45) is 0 Å². The summed E-state index contributed by atoms with van der Waals surface area (Å²) in [7, 11) is 0. The lowest BCUT2D eigenvalue weighted by Gasteiger charge is -2.22. The van der Waals surface area contributed by atoms with Gasteiger partial charge in [0.1, 0.15) is 0 Å². The number of halogens is 3. The third-order valence-electron chi connectivity index (χ3n) is 5.38. The molecule has 0 spiro atoms. The summed E-state index contributed by atoms with van der Waals surface area (Å²) in [4.78, 5) is 31.7. The van der Waals surface area contributed by atoms with E-state index in [0.717, 1.165) is 17.5 Å². The van der Waals surface area contributed by atoms with Crippen molar-refractivity contribution >= 4 is 17.6 Å². The molecule has 160 valence electrons. The lowest BCUT2D eigenvalue weighted by Crippen LogP contribution is -2.51. The van der Waals surface area contributed by atoms with Crippen LogP contribution >= 0.6 is 0 Å². The molecule has 9 nitrogen and oxygen atoms in total. The van der Waals surface area contributed by atoms with E-state index in [4.69, 9.17) is 0 Å². The molecule has 12 heteroatoms. The van der Waals surface area contributed by atoms with Crippen molar-refractivity contribution in [1.82, 2.24) is 30.2 Å². The number of amides is 3. The molecular weight excluding hydrogens is 417 g/mol. The lowest BCUT2D eigenvalue weighted by atomic mass is 9.99. The summed E-state index contributed by atoms with van der Waals surface area (Å²) in [6.07, 6.45) is 0.604. The highest BCUT2D eigenvalue weighted by Gasteiger charge is 2.42. The highest BCUT2D eigenvalue weighted by atomic mass is 19.4. The first kappa shape index (κ1) is 19.3. The van der Waals surface area contributed by atoms with Crippen LogP contribution in [-0.2, 0) is 4.79 Å². The normalized spacial score (nSPS) is 23.4. The van der Waals surface area contributed by atoms with Crippen molar-refractivity contribution in [2.45, 2.75) is 30.5 Å². The second-order valence-electron chi connectivity index (χ2n) is 7.40. The minimum absolute atomic E-state index is 0.0445. The molecule has 3 amide bonds. The second-order valence-corrected chi connectivity index (χ2v) is 7.40. The minimum Gasteiger partial charge on any atom is -0.388 e. The van der Waals surface area contributed by atoms with Crippen LogP contribution in [-0.4, -0.2) is 44.4 Å². The maximum absolute atomic E-state index is 12.3. The van der Waals surface area contributed by atoms with Gasteiger partial charge in [0.15, 0.2) is 5.65 Å². The number of hydrogen-bond donors (Lipinski definition) is 2. The molecule has 0 radical (unpaired) electrons. The van der Waals surface area contributed by atoms with Crippen LogP contribution in [0.25, 0.3) is 5.65 Å². The summed E-state index contributed by atoms with van der Waals surface area (Å²) in [5.74, 6) is -1.49. The summed E-state index contributed by atoms with van der Waals surface area (Å²) in [6.45, 7) is 0.135. The first-order valence-corrected chi connectivity index (χ1v) is 9.43. The number of hydrogen-bond acceptors (Lipinski definition) is 6. The van der Waals surface area contributed by atoms with Gasteiger partial charge in [-0.3, -0.25) is 10.1 Å². The quantitative estimate of drug-likeness (QED) is 0.654. The SMILES string of the molecule is O=C1NCC(c2cc([C@H]3C[C@@H]3c3ccc(OC(F)(F)F)nc3)c3nccn3n2)C(=O)N1. The van der Waals surface area contributed by atoms with Gasteiger partial charge < -0.3 is 10.1 Å². The average Bonchev–Trinajstić information content (AvgIpc) is 3.35. The third kappa shape index (κ3) is 3.76. The topological polar surface area (TPSA) is 111 Å². The number of alkyl halides is 3. The van der Waals surface area contributed by atoms with E-state index >= 15 is 0 Å². The Kier molecular flexibility index (Phi) is 4.31. The first-order valence-electron chi connectivity index (χ1n) is 9.43. The molecule has 2 aliphatic rings. The number of urea groups is 1. The van der Waals surface area contributed by atoms with Gasteiger partial charge in [-0.15, -0.1) is 13.2 Å². The molecule has 1 saturated heterocycles. The Hall–Kier alpha value is -3.70. The van der Waals surface area contributed by atoms with E-state index in [2.05, 4.69) is 30.4 Å². The van der Waals surface area contributed by atoms with Gasteiger partial charge in [-0.25, -0.2) is 19.3 Å². The number of nitrogens with one attached hydrogen (secondary N) is 2. The first-order chi connectivity index (χ1) is 14.8. The Morgan fingerprint density at radius 1 is 1.16 bits per heavy atom. The number of carbonyl (C=O) groups excluding carboxylic acids is 2. The number of carbonyl (C=O) groups is 2. The second kappa shape index (κ2) is 6.93. The van der Waals surface area contributed by atoms with Crippen molar-refractivity contribution in [3.8, 4) is 5.88 Å². The molecule has 31 heavy (non-hydrogen) atoms. The van der Waals surface area contributed by atoms with Gasteiger partial charge in [0.05, 0.1) is 11.6 Å². The number of aromatic nitrogens is 4. The number of fused-ring (bicyclic) bond motifs is 1. The maximum atomic E-state index is 12.3. The van der Waals surface area contributed by atoms with Crippen LogP contribution in [0.5, 0.6) is 5.88 Å². The van der Waals surface area contributed by atoms with E-state index in [-0.39, 0.29) is 18.4 Å². The Morgan fingerprint density at radius 2 is 2.00 bits per heavy atom. The van der Waals surface area contributed by atoms with Crippen LogP contribution in [0.1, 0.15) is 41.0 Å². The van der Waals surface area contributed by atoms with Crippen LogP contribution in [0.3, 0.4) is 0 Å². The highest BCUT2D eigenvalue weighted by molar-refractivity contribution is 6.00. The predicted molar refractivity (Wildman–Crippen MR) is 98.3 cm³/mol. The van der Waals surface area contributed by atoms with Crippen molar-refractivity contribution in [2.75, 3.05) is 6.54 Å². The van der Waals surface area contributed by atoms with Crippen molar-refractivity contribution in [3.05, 3.63) is 53.6 Å². The monoisotopic (exact) mass is 432 g/mol. The number of ether oxygens (including phenoxy) is 1. The number of pyridine rings is 1. The van der Waals surface area contributed by atoms with E-state index in [1.54, 1.807) is 23.0 Å². The van der Waals surface area contributed by atoms with Gasteiger partial charge in [0.2, 0.25) is 11.8 Å². The van der Waals surface area contributed by atoms with E-state index in [1.807, 2.05) is 6.07 Å². The van der Waals surface area contributed by atoms with Crippen molar-refractivity contribution in [1.29, 1.82) is 0 Å². The largest absolute Gasteiger partial charge is 0.574 e. The number of rotatable bonds is 4. The molecule has 5 rings (SSSR count). The molecule has 0 aromatic carbocycles. The average molecular weight is 432 g/mol. The van der Waals surface area contributed by atoms with Gasteiger partial charge in [-0.1, -0.05) is 6.07 Å². The molecule has 1 unspecified atom stereocenters. The summed E-state index contributed by atoms with van der Waals surface area (Å²) in [5, 5.41) is 9.28. The van der Waals surface area contributed by atoms with E-state index in [0.29, 0.717) is 11.3 Å². The van der Waals surface area contributed by atoms with Crippen LogP contribution in [0.4, 0.5) is 18.0 Å². The summed E-state index contributed by atoms with van der Waals surface area (Å²) in [5.41, 5.74) is 2.79. The maximum Gasteiger partial charge on any atom is 0.574 e. The smallest absolute Gasteiger partial charge is 0.388 e. The molecule has 2 N–H and O–H groups in total. The standard InChI is InChI=1S/C19H15F3N6O3/c20-19(21,22)31-15-2-1-9(7-24-15)10-5-11(10)12-6-14(27-28-4-3-23-16(12)28)13-8-25-18(30)26-17(13)29/h1-4,6-7,10-11,13H,5,8H2,(H2,25,26,29,30)/t10-,11+,13?/m1/s1. The van der Waals surface area contributed by atoms with Crippen LogP contribution in [0.15, 0.2) is 36.8 Å². The number of imidazole rings is 1. The molecule has 3 aromatic heterocycles. The third-order valence-corrected chi connectivity index (χ3v) is 5.38. The fraction of sp³-hybridized carbons (Fsp3) is 0.316. The predicted octanol–water partition coefficient (Wildman–Crippen LogP) is 2.22. The Labute approximate surface area is 172 Å². The summed E-state index contributed by atoms with van der Waals surface area (Å²) < 4.78 is 42.4. The molecule has 1 aliphatic heterocycles. The molecule has 3 atom stereocenters. The molecule has 3 aromatic rings. The van der Waals surface area contributed by atoms with Crippen molar-refractivity contribution in [3.63, 3.8) is 0 Å². The van der Waals surface area contributed by atoms with Crippen molar-refractivity contribution < 1.29 is 27.5 Å². The minimum atomic E-state index is -4.79. The Balaban J connectivity index is 1.41. The van der Waals surface area contributed by atoms with Gasteiger partial charge >= 0.3 is 12.4 Å². The van der Waals surface area contributed by atoms with E-state index in [1.165, 1.54) is 12.3 Å². The summed E-state index contributed by atoms with van der Waals surface area (Å²) in [6, 6.07) is 4.02. The Bertz CT molecular complexity index is 1180. The zero-order valence-electron chi connectivity index (χ0n) is 15.8. The van der Waals surface area contributed by atoms with Crippen LogP contribution in [0, 0.1) is 0 Å². The number of imide groups is 1. The zero-order valence-corrected chi connectivity index (χ0v) is 15.8. The fourth-order valence-corrected chi connectivity index (χ4v) is 3.87. The molecule has 1 saturated carbocycles. The lowest BCUT2D eigenvalue weighted by molar-refractivity contribution is -0.276. The molecular formula is C19H15F3N6O3. The highest BCUT2D eigenvalue weighted by Crippen LogP contribution is 2.55. The Morgan fingerprint density at radius 3 is 2.71 bits per heavy atom. The van der Waals surface area contributed by atoms with Gasteiger partial charge in [-0.2, -0.15) is 5.10 Å². The number of nitrogens with zero attached hydrogens (tertiary/aromatic N) is 4. The molecule has 0 bridgehead atoms. The fourth-order valence-electron chi connectivity index (χ4n) is 3.87. The van der Waals surface area contributed by atoms with Gasteiger partial charge in [0, 0.05) is 36.8 Å². The molecule has 2 fully saturated rings. The van der Waals surface area contributed by atoms with Crippen LogP contribution in [0.2, 0.25) is 0 Å². The van der Waals surface area contributed by atoms with Gasteiger partial charge in [-0.05, 0) is 29.9 Å². The van der Waals surface area contributed by atoms with Crippen LogP contribution < -0.4 is 15.4 Å². The van der Waals surface area contributed by atoms with Gasteiger partial charge in [0.25, 0.3) is 0 Å². The zero-order chi connectivity index (χ0) is 21.8. The summed E-state index contributed by atoms with van der Waals surface area (Å²) >= 11 is 0. The van der Waals surface area contributed by atoms with E-state index in [9.17, 15) is 22.8 Å².